The van der Waals surface area contributed by atoms with E-state index in [-0.39, 0.29) is 24.6 Å². The zero-order valence-electron chi connectivity index (χ0n) is 11.5. The number of nitrogens with zero attached hydrogens (tertiary/aromatic N) is 1. The standard InChI is InChI=1S/C15H21NO4/c1-20-10-4-2-9(3-5-10)11-6-7-16-12(8-17)14(18)15(19)13(11)16/h2-5,11-15,17-19H,6-8H2,1H3/t11-,12-,13+,14+,15+/m0/s1. The van der Waals surface area contributed by atoms with Crippen molar-refractivity contribution in [2.45, 2.75) is 36.6 Å². The molecule has 3 N–H and O–H groups in total. The van der Waals surface area contributed by atoms with Gasteiger partial charge in [0.2, 0.25) is 0 Å². The molecule has 5 atom stereocenters. The van der Waals surface area contributed by atoms with Crippen molar-refractivity contribution in [3.8, 4) is 5.75 Å². The molecule has 2 heterocycles. The summed E-state index contributed by atoms with van der Waals surface area (Å²) in [5.74, 6) is 0.992. The molecule has 110 valence electrons. The number of methoxy groups -OCH3 is 1. The number of fused-ring (bicyclic) bond motifs is 1. The number of aliphatic hydroxyl groups excluding tert-OH is 3. The Morgan fingerprint density at radius 2 is 1.90 bits per heavy atom. The van der Waals surface area contributed by atoms with Gasteiger partial charge in [-0.2, -0.15) is 0 Å². The van der Waals surface area contributed by atoms with E-state index < -0.39 is 12.2 Å². The minimum atomic E-state index is -0.869. The van der Waals surface area contributed by atoms with E-state index in [1.165, 1.54) is 0 Å². The Morgan fingerprint density at radius 1 is 1.20 bits per heavy atom. The summed E-state index contributed by atoms with van der Waals surface area (Å²) in [5, 5.41) is 29.7. The Labute approximate surface area is 118 Å². The zero-order valence-corrected chi connectivity index (χ0v) is 11.5. The van der Waals surface area contributed by atoms with Gasteiger partial charge in [-0.25, -0.2) is 0 Å². The zero-order chi connectivity index (χ0) is 14.3. The second-order valence-corrected chi connectivity index (χ2v) is 5.63. The fourth-order valence-electron chi connectivity index (χ4n) is 3.71. The first-order chi connectivity index (χ1) is 9.67. The van der Waals surface area contributed by atoms with Gasteiger partial charge in [0.15, 0.2) is 0 Å². The SMILES string of the molecule is COc1ccc([C@@H]2CCN3[C@H]2[C@@H](O)[C@H](O)[C@@H]3CO)cc1. The Hall–Kier alpha value is -1.14. The highest BCUT2D eigenvalue weighted by Gasteiger charge is 2.53. The van der Waals surface area contributed by atoms with Crippen molar-refractivity contribution >= 4 is 0 Å². The molecule has 5 heteroatoms. The van der Waals surface area contributed by atoms with E-state index in [0.717, 1.165) is 24.3 Å². The van der Waals surface area contributed by atoms with Gasteiger partial charge >= 0.3 is 0 Å². The summed E-state index contributed by atoms with van der Waals surface area (Å²) in [5.41, 5.74) is 1.14. The normalized spacial score (nSPS) is 37.1. The molecule has 1 aromatic rings. The lowest BCUT2D eigenvalue weighted by Gasteiger charge is -2.25. The summed E-state index contributed by atoms with van der Waals surface area (Å²) < 4.78 is 5.16. The molecule has 0 amide bonds. The van der Waals surface area contributed by atoms with Crippen LogP contribution in [0.25, 0.3) is 0 Å². The lowest BCUT2D eigenvalue weighted by atomic mass is 9.88. The molecule has 0 aromatic heterocycles. The summed E-state index contributed by atoms with van der Waals surface area (Å²) in [7, 11) is 1.63. The van der Waals surface area contributed by atoms with Gasteiger partial charge in [0, 0.05) is 12.0 Å². The molecule has 0 radical (unpaired) electrons. The first-order valence-electron chi connectivity index (χ1n) is 7.04. The lowest BCUT2D eigenvalue weighted by Crippen LogP contribution is -2.38. The van der Waals surface area contributed by atoms with Crippen LogP contribution in [0.2, 0.25) is 0 Å². The van der Waals surface area contributed by atoms with Gasteiger partial charge in [-0.15, -0.1) is 0 Å². The van der Waals surface area contributed by atoms with E-state index in [0.29, 0.717) is 0 Å². The second-order valence-electron chi connectivity index (χ2n) is 5.63. The minimum Gasteiger partial charge on any atom is -0.497 e. The maximum absolute atomic E-state index is 10.3. The third kappa shape index (κ3) is 2.02. The summed E-state index contributed by atoms with van der Waals surface area (Å²) in [6.45, 7) is 0.671. The molecule has 2 saturated heterocycles. The van der Waals surface area contributed by atoms with Crippen molar-refractivity contribution in [3.05, 3.63) is 29.8 Å². The highest BCUT2D eigenvalue weighted by Crippen LogP contribution is 2.42. The number of hydrogen-bond acceptors (Lipinski definition) is 5. The summed E-state index contributed by atoms with van der Waals surface area (Å²) >= 11 is 0. The first kappa shape index (κ1) is 13.8. The van der Waals surface area contributed by atoms with Crippen LogP contribution in [0.5, 0.6) is 5.75 Å². The van der Waals surface area contributed by atoms with Gasteiger partial charge in [0.1, 0.15) is 5.75 Å². The van der Waals surface area contributed by atoms with E-state index in [9.17, 15) is 15.3 Å². The Morgan fingerprint density at radius 3 is 2.50 bits per heavy atom. The van der Waals surface area contributed by atoms with Gasteiger partial charge in [-0.3, -0.25) is 4.90 Å². The Kier molecular flexibility index (Phi) is 3.69. The van der Waals surface area contributed by atoms with Crippen molar-refractivity contribution in [1.29, 1.82) is 0 Å². The van der Waals surface area contributed by atoms with Crippen LogP contribution in [0.3, 0.4) is 0 Å². The van der Waals surface area contributed by atoms with E-state index in [2.05, 4.69) is 0 Å². The fourth-order valence-corrected chi connectivity index (χ4v) is 3.71. The maximum atomic E-state index is 10.3. The van der Waals surface area contributed by atoms with Crippen molar-refractivity contribution in [3.63, 3.8) is 0 Å². The highest BCUT2D eigenvalue weighted by atomic mass is 16.5. The van der Waals surface area contributed by atoms with Crippen molar-refractivity contribution < 1.29 is 20.1 Å². The van der Waals surface area contributed by atoms with Gasteiger partial charge in [-0.05, 0) is 30.7 Å². The Bertz CT molecular complexity index is 463. The van der Waals surface area contributed by atoms with Gasteiger partial charge in [0.25, 0.3) is 0 Å². The van der Waals surface area contributed by atoms with Crippen molar-refractivity contribution in [2.75, 3.05) is 20.3 Å². The molecule has 0 aliphatic carbocycles. The predicted octanol–water partition coefficient (Wildman–Crippen LogP) is -0.0506. The summed E-state index contributed by atoms with van der Waals surface area (Å²) in [6, 6.07) is 7.39. The second kappa shape index (κ2) is 5.33. The van der Waals surface area contributed by atoms with Crippen LogP contribution in [0.15, 0.2) is 24.3 Å². The van der Waals surface area contributed by atoms with E-state index in [1.807, 2.05) is 29.2 Å². The Balaban J connectivity index is 1.85. The molecular weight excluding hydrogens is 258 g/mol. The largest absolute Gasteiger partial charge is 0.497 e. The predicted molar refractivity (Wildman–Crippen MR) is 73.7 cm³/mol. The third-order valence-electron chi connectivity index (χ3n) is 4.74. The van der Waals surface area contributed by atoms with Gasteiger partial charge < -0.3 is 20.1 Å². The number of benzene rings is 1. The molecule has 3 rings (SSSR count). The monoisotopic (exact) mass is 279 g/mol. The molecule has 2 fully saturated rings. The van der Waals surface area contributed by atoms with Crippen LogP contribution < -0.4 is 4.74 Å². The molecule has 0 unspecified atom stereocenters. The molecule has 0 bridgehead atoms. The molecule has 20 heavy (non-hydrogen) atoms. The third-order valence-corrected chi connectivity index (χ3v) is 4.74. The average molecular weight is 279 g/mol. The van der Waals surface area contributed by atoms with Gasteiger partial charge in [0.05, 0.1) is 32.0 Å². The molecule has 0 saturated carbocycles. The molecule has 1 aromatic carbocycles. The lowest BCUT2D eigenvalue weighted by molar-refractivity contribution is 0.0139. The van der Waals surface area contributed by atoms with Crippen molar-refractivity contribution in [1.82, 2.24) is 4.90 Å². The first-order valence-corrected chi connectivity index (χ1v) is 7.04. The topological polar surface area (TPSA) is 73.2 Å². The van der Waals surface area contributed by atoms with Crippen molar-refractivity contribution in [2.24, 2.45) is 0 Å². The van der Waals surface area contributed by atoms with Crippen LogP contribution in [-0.4, -0.2) is 64.8 Å². The maximum Gasteiger partial charge on any atom is 0.118 e. The summed E-state index contributed by atoms with van der Waals surface area (Å²) in [6.07, 6.45) is -0.745. The van der Waals surface area contributed by atoms with E-state index >= 15 is 0 Å². The minimum absolute atomic E-state index is 0.115. The molecular formula is C15H21NO4. The van der Waals surface area contributed by atoms with Crippen LogP contribution in [0.4, 0.5) is 0 Å². The quantitative estimate of drug-likeness (QED) is 0.723. The molecule has 2 aliphatic rings. The molecule has 0 spiro atoms. The fraction of sp³-hybridized carbons (Fsp3) is 0.600. The smallest absolute Gasteiger partial charge is 0.118 e. The van der Waals surface area contributed by atoms with E-state index in [1.54, 1.807) is 7.11 Å². The average Bonchev–Trinajstić information content (AvgIpc) is 3.00. The van der Waals surface area contributed by atoms with Crippen LogP contribution in [-0.2, 0) is 0 Å². The summed E-state index contributed by atoms with van der Waals surface area (Å²) in [4.78, 5) is 2.05. The number of hydrogen-bond donors (Lipinski definition) is 3. The number of rotatable bonds is 3. The van der Waals surface area contributed by atoms with Crippen LogP contribution in [0.1, 0.15) is 17.9 Å². The van der Waals surface area contributed by atoms with Crippen LogP contribution in [0, 0.1) is 0 Å². The van der Waals surface area contributed by atoms with Gasteiger partial charge in [-0.1, -0.05) is 12.1 Å². The number of ether oxygens (including phenoxy) is 1. The molecule has 2 aliphatic heterocycles. The molecule has 5 nitrogen and oxygen atoms in total. The van der Waals surface area contributed by atoms with Crippen LogP contribution >= 0.6 is 0 Å². The van der Waals surface area contributed by atoms with E-state index in [4.69, 9.17) is 4.74 Å². The number of aliphatic hydroxyl groups is 3. The highest BCUT2D eigenvalue weighted by molar-refractivity contribution is 5.32.